The van der Waals surface area contributed by atoms with Gasteiger partial charge in [-0.25, -0.2) is 0 Å². The smallest absolute Gasteiger partial charge is 0.230 e. The zero-order chi connectivity index (χ0) is 20.1. The van der Waals surface area contributed by atoms with Crippen molar-refractivity contribution in [3.8, 4) is 11.4 Å². The number of nitrogens with zero attached hydrogens (tertiary/aromatic N) is 4. The monoisotopic (exact) mass is 411 g/mol. The number of rotatable bonds is 7. The number of hydrogen-bond donors (Lipinski definition) is 1. The van der Waals surface area contributed by atoms with Crippen molar-refractivity contribution in [2.24, 2.45) is 5.92 Å². The molecular formula is C21H25N5O2S. The maximum Gasteiger partial charge on any atom is 0.230 e. The quantitative estimate of drug-likeness (QED) is 0.596. The molecule has 4 rings (SSSR count). The molecule has 0 spiro atoms. The first-order valence-electron chi connectivity index (χ1n) is 9.99. The SMILES string of the molecule is C[C@@H]1CCCC[C@@H]1NC(=O)CSc1nnc(-c2cccnc2)n1Cc1ccco1. The summed E-state index contributed by atoms with van der Waals surface area (Å²) in [4.78, 5) is 16.7. The van der Waals surface area contributed by atoms with E-state index >= 15 is 0 Å². The Hall–Kier alpha value is -2.61. The molecule has 1 aliphatic carbocycles. The first-order chi connectivity index (χ1) is 14.2. The summed E-state index contributed by atoms with van der Waals surface area (Å²) >= 11 is 1.40. The van der Waals surface area contributed by atoms with Crippen LogP contribution in [0.1, 0.15) is 38.4 Å². The Labute approximate surface area is 174 Å². The Kier molecular flexibility index (Phi) is 6.29. The van der Waals surface area contributed by atoms with E-state index in [-0.39, 0.29) is 11.9 Å². The molecule has 1 N–H and O–H groups in total. The van der Waals surface area contributed by atoms with Gasteiger partial charge < -0.3 is 9.73 Å². The number of carbonyl (C=O) groups excluding carboxylic acids is 1. The summed E-state index contributed by atoms with van der Waals surface area (Å²) in [5, 5.41) is 12.6. The van der Waals surface area contributed by atoms with Crippen LogP contribution in [0.5, 0.6) is 0 Å². The highest BCUT2D eigenvalue weighted by molar-refractivity contribution is 7.99. The third kappa shape index (κ3) is 4.87. The molecule has 0 aromatic carbocycles. The van der Waals surface area contributed by atoms with Crippen LogP contribution in [0.25, 0.3) is 11.4 Å². The molecule has 0 unspecified atom stereocenters. The summed E-state index contributed by atoms with van der Waals surface area (Å²) in [7, 11) is 0. The Morgan fingerprint density at radius 1 is 1.28 bits per heavy atom. The molecule has 0 bridgehead atoms. The van der Waals surface area contributed by atoms with Gasteiger partial charge in [0.25, 0.3) is 0 Å². The fraction of sp³-hybridized carbons (Fsp3) is 0.429. The number of amides is 1. The Morgan fingerprint density at radius 3 is 2.93 bits per heavy atom. The predicted molar refractivity (Wildman–Crippen MR) is 111 cm³/mol. The van der Waals surface area contributed by atoms with Crippen molar-refractivity contribution >= 4 is 17.7 Å². The fourth-order valence-corrected chi connectivity index (χ4v) is 4.46. The molecule has 29 heavy (non-hydrogen) atoms. The zero-order valence-corrected chi connectivity index (χ0v) is 17.3. The molecule has 3 aromatic rings. The average molecular weight is 412 g/mol. The average Bonchev–Trinajstić information content (AvgIpc) is 3.39. The van der Waals surface area contributed by atoms with Crippen LogP contribution in [0.2, 0.25) is 0 Å². The molecule has 1 aliphatic rings. The summed E-state index contributed by atoms with van der Waals surface area (Å²) in [6, 6.07) is 7.87. The molecule has 3 aromatic heterocycles. The highest BCUT2D eigenvalue weighted by Crippen LogP contribution is 2.26. The summed E-state index contributed by atoms with van der Waals surface area (Å²) in [5.41, 5.74) is 0.874. The van der Waals surface area contributed by atoms with Gasteiger partial charge in [-0.1, -0.05) is 31.5 Å². The third-order valence-electron chi connectivity index (χ3n) is 5.32. The van der Waals surface area contributed by atoms with E-state index in [0.717, 1.165) is 17.7 Å². The van der Waals surface area contributed by atoms with Gasteiger partial charge in [-0.15, -0.1) is 10.2 Å². The minimum Gasteiger partial charge on any atom is -0.467 e. The molecule has 2 atom stereocenters. The second-order valence-corrected chi connectivity index (χ2v) is 8.38. The summed E-state index contributed by atoms with van der Waals surface area (Å²) < 4.78 is 7.48. The van der Waals surface area contributed by atoms with Crippen LogP contribution in [0, 0.1) is 5.92 Å². The number of hydrogen-bond acceptors (Lipinski definition) is 6. The van der Waals surface area contributed by atoms with Crippen LogP contribution in [0.3, 0.4) is 0 Å². The molecule has 7 nitrogen and oxygen atoms in total. The third-order valence-corrected chi connectivity index (χ3v) is 6.29. The second-order valence-electron chi connectivity index (χ2n) is 7.44. The van der Waals surface area contributed by atoms with Crippen LogP contribution in [0.15, 0.2) is 52.5 Å². The van der Waals surface area contributed by atoms with E-state index in [9.17, 15) is 4.79 Å². The van der Waals surface area contributed by atoms with E-state index in [2.05, 4.69) is 27.4 Å². The minimum atomic E-state index is 0.0456. The first kappa shape index (κ1) is 19.7. The lowest BCUT2D eigenvalue weighted by molar-refractivity contribution is -0.119. The Morgan fingerprint density at radius 2 is 2.17 bits per heavy atom. The maximum atomic E-state index is 12.5. The molecule has 1 fully saturated rings. The number of furan rings is 1. The molecule has 3 heterocycles. The Balaban J connectivity index is 1.48. The van der Waals surface area contributed by atoms with Gasteiger partial charge in [0.05, 0.1) is 18.6 Å². The van der Waals surface area contributed by atoms with E-state index < -0.39 is 0 Å². The normalized spacial score (nSPS) is 19.2. The number of carbonyl (C=O) groups is 1. The summed E-state index contributed by atoms with van der Waals surface area (Å²) in [6.45, 7) is 2.71. The Bertz CT molecular complexity index is 926. The predicted octanol–water partition coefficient (Wildman–Crippen LogP) is 3.77. The van der Waals surface area contributed by atoms with Crippen LogP contribution < -0.4 is 5.32 Å². The van der Waals surface area contributed by atoms with Gasteiger partial charge in [0, 0.05) is 24.0 Å². The largest absolute Gasteiger partial charge is 0.467 e. The van der Waals surface area contributed by atoms with Crippen molar-refractivity contribution in [2.45, 2.75) is 50.4 Å². The van der Waals surface area contributed by atoms with Gasteiger partial charge in [0.1, 0.15) is 5.76 Å². The zero-order valence-electron chi connectivity index (χ0n) is 16.5. The lowest BCUT2D eigenvalue weighted by atomic mass is 9.86. The van der Waals surface area contributed by atoms with Gasteiger partial charge in [0.15, 0.2) is 11.0 Å². The highest BCUT2D eigenvalue weighted by atomic mass is 32.2. The lowest BCUT2D eigenvalue weighted by Crippen LogP contribution is -2.41. The van der Waals surface area contributed by atoms with E-state index in [1.54, 1.807) is 18.7 Å². The van der Waals surface area contributed by atoms with Crippen molar-refractivity contribution in [3.05, 3.63) is 48.7 Å². The van der Waals surface area contributed by atoms with Gasteiger partial charge in [0.2, 0.25) is 5.91 Å². The molecule has 1 saturated carbocycles. The topological polar surface area (TPSA) is 85.8 Å². The van der Waals surface area contributed by atoms with Crippen molar-refractivity contribution < 1.29 is 9.21 Å². The molecule has 0 radical (unpaired) electrons. The van der Waals surface area contributed by atoms with E-state index in [1.807, 2.05) is 28.8 Å². The number of thioether (sulfide) groups is 1. The summed E-state index contributed by atoms with van der Waals surface area (Å²) in [6.07, 6.45) is 9.83. The highest BCUT2D eigenvalue weighted by Gasteiger charge is 2.23. The van der Waals surface area contributed by atoms with E-state index in [4.69, 9.17) is 4.42 Å². The molecule has 0 saturated heterocycles. The number of aromatic nitrogens is 4. The van der Waals surface area contributed by atoms with Crippen LogP contribution >= 0.6 is 11.8 Å². The van der Waals surface area contributed by atoms with Crippen molar-refractivity contribution in [1.29, 1.82) is 0 Å². The van der Waals surface area contributed by atoms with Crippen molar-refractivity contribution in [2.75, 3.05) is 5.75 Å². The van der Waals surface area contributed by atoms with Gasteiger partial charge in [-0.3, -0.25) is 14.3 Å². The number of pyridine rings is 1. The van der Waals surface area contributed by atoms with E-state index in [1.165, 1.54) is 31.0 Å². The molecule has 152 valence electrons. The second kappa shape index (κ2) is 9.26. The molecule has 0 aliphatic heterocycles. The van der Waals surface area contributed by atoms with Crippen LogP contribution in [0.4, 0.5) is 0 Å². The van der Waals surface area contributed by atoms with Gasteiger partial charge in [-0.05, 0) is 43.0 Å². The maximum absolute atomic E-state index is 12.5. The van der Waals surface area contributed by atoms with E-state index in [0.29, 0.717) is 29.2 Å². The van der Waals surface area contributed by atoms with Crippen LogP contribution in [-0.4, -0.2) is 37.5 Å². The molecule has 1 amide bonds. The molecular weight excluding hydrogens is 386 g/mol. The van der Waals surface area contributed by atoms with Crippen molar-refractivity contribution in [1.82, 2.24) is 25.1 Å². The lowest BCUT2D eigenvalue weighted by Gasteiger charge is -2.29. The number of nitrogens with one attached hydrogen (secondary N) is 1. The van der Waals surface area contributed by atoms with Gasteiger partial charge in [-0.2, -0.15) is 0 Å². The fourth-order valence-electron chi connectivity index (χ4n) is 3.71. The van der Waals surface area contributed by atoms with Gasteiger partial charge >= 0.3 is 0 Å². The first-order valence-corrected chi connectivity index (χ1v) is 11.0. The standard InChI is InChI=1S/C21H25N5O2S/c1-15-6-2-3-9-18(15)23-19(27)14-29-21-25-24-20(16-7-4-10-22-12-16)26(21)13-17-8-5-11-28-17/h4-5,7-8,10-12,15,18H,2-3,6,9,13-14H2,1H3,(H,23,27)/t15-,18+/m1/s1. The molecule has 8 heteroatoms. The minimum absolute atomic E-state index is 0.0456. The van der Waals surface area contributed by atoms with Crippen LogP contribution in [-0.2, 0) is 11.3 Å². The summed E-state index contributed by atoms with van der Waals surface area (Å²) in [5.74, 6) is 2.41. The van der Waals surface area contributed by atoms with Crippen molar-refractivity contribution in [3.63, 3.8) is 0 Å².